The zero-order chi connectivity index (χ0) is 12.6. The summed E-state index contributed by atoms with van der Waals surface area (Å²) in [5.74, 6) is 0. The molecule has 0 bridgehead atoms. The molecule has 0 aliphatic heterocycles. The van der Waals surface area contributed by atoms with Gasteiger partial charge in [-0.05, 0) is 0 Å². The van der Waals surface area contributed by atoms with Crippen LogP contribution in [0.15, 0.2) is 0 Å². The molecule has 0 aromatic rings. The summed E-state index contributed by atoms with van der Waals surface area (Å²) in [4.78, 5) is 0. The summed E-state index contributed by atoms with van der Waals surface area (Å²) in [6.45, 7) is 0. The highest BCUT2D eigenvalue weighted by Gasteiger charge is 1.85. The van der Waals surface area contributed by atoms with Crippen LogP contribution < -0.4 is 0 Å². The predicted molar refractivity (Wildman–Crippen MR) is 41.3 cm³/mol. The molecule has 0 aromatic carbocycles. The van der Waals surface area contributed by atoms with Crippen molar-refractivity contribution in [3.63, 3.8) is 0 Å². The second-order valence-corrected chi connectivity index (χ2v) is 3.40. The highest BCUT2D eigenvalue weighted by Crippen LogP contribution is 1.59. The van der Waals surface area contributed by atoms with E-state index in [1.807, 2.05) is 0 Å². The molecular weight excluding hydrogens is 272 g/mol. The van der Waals surface area contributed by atoms with Gasteiger partial charge in [-0.1, -0.05) is 0 Å². The van der Waals surface area contributed by atoms with Crippen LogP contribution in [0.25, 0.3) is 0 Å². The highest BCUT2D eigenvalue weighted by molar-refractivity contribution is 7.80. The maximum atomic E-state index is 8.74. The molecule has 0 aliphatic carbocycles. The number of hydrogen-bond donors (Lipinski definition) is 6. The lowest BCUT2D eigenvalue weighted by Crippen LogP contribution is -1.89. The molecule has 0 radical (unpaired) electrons. The average Bonchev–Trinajstić information content (AvgIpc) is 1.45. The molecule has 90 valence electrons. The Morgan fingerprint density at radius 2 is 0.714 bits per heavy atom. The van der Waals surface area contributed by atoms with Gasteiger partial charge in [0.2, 0.25) is 0 Å². The van der Waals surface area contributed by atoms with E-state index in [4.69, 9.17) is 48.0 Å². The Balaban J connectivity index is -0.000000131. The first kappa shape index (κ1) is 19.3. The Kier molecular flexibility index (Phi) is 11.0. The monoisotopic (exact) mass is 278 g/mol. The van der Waals surface area contributed by atoms with Crippen LogP contribution in [0, 0.1) is 0 Å². The molecule has 0 rings (SSSR count). The Hall–Kier alpha value is -0.350. The Labute approximate surface area is 80.3 Å². The molecule has 0 fully saturated rings. The van der Waals surface area contributed by atoms with Crippen LogP contribution in [0.5, 0.6) is 0 Å². The minimum Gasteiger partial charge on any atom is -0.288 e. The Bertz CT molecular complexity index is 320. The standard InChI is InChI=1S/2H2O4S.H2O3S/c2*1-5(2,3)4;1-4(2)3/h2*(H2,1,2,3,4);4H,(H,1,2,3). The normalized spacial score (nSPS) is 10.7. The van der Waals surface area contributed by atoms with Crippen LogP contribution in [0.3, 0.4) is 0 Å². The summed E-state index contributed by atoms with van der Waals surface area (Å²) >= 11 is 0. The summed E-state index contributed by atoms with van der Waals surface area (Å²) in [7, 11) is -12.5. The molecule has 0 spiro atoms. The number of rotatable bonds is 0. The van der Waals surface area contributed by atoms with Gasteiger partial charge in [0.25, 0.3) is 11.0 Å². The van der Waals surface area contributed by atoms with Crippen LogP contribution >= 0.6 is 0 Å². The summed E-state index contributed by atoms with van der Waals surface area (Å²) in [5, 5.41) is 0. The topological polar surface area (TPSA) is 204 Å². The second kappa shape index (κ2) is 8.00. The van der Waals surface area contributed by atoms with Crippen LogP contribution in [0.1, 0.15) is 0 Å². The second-order valence-electron chi connectivity index (χ2n) is 1.13. The highest BCUT2D eigenvalue weighted by atomic mass is 32.3. The minimum atomic E-state index is -4.67. The third-order valence-corrected chi connectivity index (χ3v) is 0. The van der Waals surface area contributed by atoms with Gasteiger partial charge in [0.15, 0.2) is 0 Å². The molecule has 0 atom stereocenters. The van der Waals surface area contributed by atoms with Crippen molar-refractivity contribution in [2.24, 2.45) is 0 Å². The fraction of sp³-hybridized carbons (Fsp3) is 0. The van der Waals surface area contributed by atoms with E-state index < -0.39 is 31.8 Å². The van der Waals surface area contributed by atoms with Crippen LogP contribution in [0.4, 0.5) is 0 Å². The SMILES string of the molecule is O=S(=O)(O)O.O=S(=O)(O)O.O=[SH](=O)O. The smallest absolute Gasteiger partial charge is 0.288 e. The molecule has 14 heavy (non-hydrogen) atoms. The summed E-state index contributed by atoms with van der Waals surface area (Å²) < 4.78 is 87.4. The number of hydrogen-bond acceptors (Lipinski definition) is 6. The lowest BCUT2D eigenvalue weighted by molar-refractivity contribution is 0.378. The number of thiol groups is 1. The third-order valence-electron chi connectivity index (χ3n) is 0. The lowest BCUT2D eigenvalue weighted by atomic mass is 15.8. The van der Waals surface area contributed by atoms with E-state index in [2.05, 4.69) is 0 Å². The molecule has 0 aromatic heterocycles. The quantitative estimate of drug-likeness (QED) is 0.206. The van der Waals surface area contributed by atoms with E-state index in [1.165, 1.54) is 0 Å². The maximum Gasteiger partial charge on any atom is 0.394 e. The van der Waals surface area contributed by atoms with Crippen molar-refractivity contribution >= 4 is 31.8 Å². The third kappa shape index (κ3) is 10800. The first-order valence-corrected chi connectivity index (χ1v) is 5.89. The van der Waals surface area contributed by atoms with Gasteiger partial charge in [-0.25, -0.2) is 8.42 Å². The molecule has 0 amide bonds. The molecule has 0 unspecified atom stereocenters. The van der Waals surface area contributed by atoms with Gasteiger partial charge >= 0.3 is 20.8 Å². The lowest BCUT2D eigenvalue weighted by Gasteiger charge is -1.68. The molecule has 0 aliphatic rings. The minimum absolute atomic E-state index is 3.12. The summed E-state index contributed by atoms with van der Waals surface area (Å²) in [6, 6.07) is 0. The van der Waals surface area contributed by atoms with E-state index >= 15 is 0 Å². The van der Waals surface area contributed by atoms with E-state index in [1.54, 1.807) is 0 Å². The Morgan fingerprint density at radius 3 is 0.714 bits per heavy atom. The Morgan fingerprint density at radius 1 is 0.714 bits per heavy atom. The molecule has 11 nitrogen and oxygen atoms in total. The zero-order valence-corrected chi connectivity index (χ0v) is 8.48. The fourth-order valence-electron chi connectivity index (χ4n) is 0. The van der Waals surface area contributed by atoms with Crippen molar-refractivity contribution in [3.05, 3.63) is 0 Å². The van der Waals surface area contributed by atoms with Crippen molar-refractivity contribution in [1.82, 2.24) is 0 Å². The van der Waals surface area contributed by atoms with Crippen molar-refractivity contribution in [2.75, 3.05) is 0 Å². The van der Waals surface area contributed by atoms with E-state index in [0.29, 0.717) is 0 Å². The van der Waals surface area contributed by atoms with Crippen molar-refractivity contribution < 1.29 is 48.0 Å². The molecule has 0 saturated heterocycles. The fourth-order valence-corrected chi connectivity index (χ4v) is 0. The van der Waals surface area contributed by atoms with Crippen molar-refractivity contribution in [3.8, 4) is 0 Å². The van der Waals surface area contributed by atoms with Gasteiger partial charge in [0.1, 0.15) is 0 Å². The van der Waals surface area contributed by atoms with Gasteiger partial charge in [-0.2, -0.15) is 16.8 Å². The van der Waals surface area contributed by atoms with E-state index in [0.717, 1.165) is 0 Å². The maximum absolute atomic E-state index is 8.74. The summed E-state index contributed by atoms with van der Waals surface area (Å²) in [6.07, 6.45) is 0. The average molecular weight is 278 g/mol. The van der Waals surface area contributed by atoms with Crippen molar-refractivity contribution in [1.29, 1.82) is 0 Å². The molecule has 0 saturated carbocycles. The van der Waals surface area contributed by atoms with Gasteiger partial charge in [0.05, 0.1) is 0 Å². The largest absolute Gasteiger partial charge is 0.394 e. The summed E-state index contributed by atoms with van der Waals surface area (Å²) in [5.41, 5.74) is 0. The van der Waals surface area contributed by atoms with Crippen molar-refractivity contribution in [2.45, 2.75) is 0 Å². The van der Waals surface area contributed by atoms with Crippen LogP contribution in [0.2, 0.25) is 0 Å². The van der Waals surface area contributed by atoms with Gasteiger partial charge < -0.3 is 0 Å². The molecular formula is H6O11S3. The van der Waals surface area contributed by atoms with Crippen LogP contribution in [-0.4, -0.2) is 48.0 Å². The van der Waals surface area contributed by atoms with Gasteiger partial charge in [-0.3, -0.25) is 22.8 Å². The first-order chi connectivity index (χ1) is 5.73. The van der Waals surface area contributed by atoms with E-state index in [9.17, 15) is 0 Å². The molecule has 0 heterocycles. The molecule has 5 N–H and O–H groups in total. The van der Waals surface area contributed by atoms with E-state index in [-0.39, 0.29) is 0 Å². The van der Waals surface area contributed by atoms with Gasteiger partial charge in [0, 0.05) is 0 Å². The van der Waals surface area contributed by atoms with Gasteiger partial charge in [-0.15, -0.1) is 0 Å². The molecule has 14 heteroatoms. The predicted octanol–water partition coefficient (Wildman–Crippen LogP) is -2.23. The first-order valence-electron chi connectivity index (χ1n) is 1.96. The zero-order valence-electron chi connectivity index (χ0n) is 5.95. The van der Waals surface area contributed by atoms with Crippen LogP contribution in [-0.2, 0) is 31.8 Å².